The summed E-state index contributed by atoms with van der Waals surface area (Å²) in [6.07, 6.45) is 7.36. The van der Waals surface area contributed by atoms with Crippen molar-refractivity contribution in [2.75, 3.05) is 13.2 Å². The van der Waals surface area contributed by atoms with Gasteiger partial charge in [0.25, 0.3) is 0 Å². The molecule has 0 aliphatic carbocycles. The summed E-state index contributed by atoms with van der Waals surface area (Å²) in [4.78, 5) is 40.6. The number of aliphatic hydroxyl groups is 1. The molecule has 1 fully saturated rings. The number of amides is 2. The van der Waals surface area contributed by atoms with E-state index < -0.39 is 35.9 Å². The highest BCUT2D eigenvalue weighted by molar-refractivity contribution is 5.98. The van der Waals surface area contributed by atoms with Crippen molar-refractivity contribution < 1.29 is 29.0 Å². The van der Waals surface area contributed by atoms with Crippen LogP contribution in [0.25, 0.3) is 0 Å². The summed E-state index contributed by atoms with van der Waals surface area (Å²) in [5, 5.41) is 21.0. The van der Waals surface area contributed by atoms with Crippen molar-refractivity contribution in [2.24, 2.45) is 5.92 Å². The highest BCUT2D eigenvalue weighted by atomic mass is 16.5. The molecule has 4 N–H and O–H groups in total. The lowest BCUT2D eigenvalue weighted by molar-refractivity contribution is -0.216. The van der Waals surface area contributed by atoms with Crippen LogP contribution < -0.4 is 16.0 Å². The molecule has 0 radical (unpaired) electrons. The standard InChI is InChI=1S/C35H46N4O6/c1-5-7-8-15-20-45-34(42)37-29-23-25(21-24(3)36-29)22-28-31(33(41)44-6-2)39(32(28)40)35(4,43)38-30(26-16-11-9-12-17-26)27-18-13-10-14-19-27/h9-14,16-19,21,23-24,28,30-31,36,38,43H,5-8,15,20,22H2,1-4H3,(H,37,42)/t24-,28-,31+,35+/m1/s1. The third kappa shape index (κ3) is 8.73. The maximum absolute atomic E-state index is 13.8. The maximum Gasteiger partial charge on any atom is 0.412 e. The summed E-state index contributed by atoms with van der Waals surface area (Å²) >= 11 is 0. The zero-order valence-electron chi connectivity index (χ0n) is 26.6. The third-order valence-electron chi connectivity index (χ3n) is 8.00. The Morgan fingerprint density at radius 3 is 2.24 bits per heavy atom. The SMILES string of the molecule is CCCCCCOC(=O)NC1=CC(C[C@H]2C(=O)N([C@@](C)(O)NC(c3ccccc3)c3ccccc3)[C@@H]2C(=O)OCC)=C[C@@H](C)N1. The highest BCUT2D eigenvalue weighted by Crippen LogP contribution is 2.39. The smallest absolute Gasteiger partial charge is 0.412 e. The molecular formula is C35H46N4O6. The molecule has 2 amide bonds. The van der Waals surface area contributed by atoms with E-state index in [-0.39, 0.29) is 25.0 Å². The fourth-order valence-corrected chi connectivity index (χ4v) is 5.90. The molecule has 2 aromatic carbocycles. The minimum Gasteiger partial charge on any atom is -0.464 e. The summed E-state index contributed by atoms with van der Waals surface area (Å²) in [6, 6.07) is 17.6. The summed E-state index contributed by atoms with van der Waals surface area (Å²) < 4.78 is 10.7. The number of alkyl carbamates (subject to hydrolysis) is 1. The minimum atomic E-state index is -1.89. The van der Waals surface area contributed by atoms with Gasteiger partial charge in [-0.2, -0.15) is 0 Å². The van der Waals surface area contributed by atoms with Gasteiger partial charge in [0.1, 0.15) is 11.9 Å². The quantitative estimate of drug-likeness (QED) is 0.0963. The Bertz CT molecular complexity index is 1320. The zero-order chi connectivity index (χ0) is 32.4. The number of unbranched alkanes of at least 4 members (excludes halogenated alkanes) is 3. The molecule has 0 aromatic heterocycles. The maximum atomic E-state index is 13.8. The zero-order valence-corrected chi connectivity index (χ0v) is 26.6. The number of hydrogen-bond donors (Lipinski definition) is 4. The molecule has 4 rings (SSSR count). The Labute approximate surface area is 265 Å². The number of ether oxygens (including phenoxy) is 2. The lowest BCUT2D eigenvalue weighted by Gasteiger charge is -2.53. The number of benzene rings is 2. The van der Waals surface area contributed by atoms with E-state index in [1.807, 2.05) is 73.7 Å². The molecule has 0 bridgehead atoms. The summed E-state index contributed by atoms with van der Waals surface area (Å²) in [5.41, 5.74) is 2.55. The van der Waals surface area contributed by atoms with Gasteiger partial charge in [-0.1, -0.05) is 92.9 Å². The number of allylic oxidation sites excluding steroid dienone is 2. The largest absolute Gasteiger partial charge is 0.464 e. The first-order valence-electron chi connectivity index (χ1n) is 15.9. The predicted molar refractivity (Wildman–Crippen MR) is 171 cm³/mol. The fraction of sp³-hybridized carbons (Fsp3) is 0.457. The molecule has 45 heavy (non-hydrogen) atoms. The molecule has 10 nitrogen and oxygen atoms in total. The van der Waals surface area contributed by atoms with Gasteiger partial charge in [0.05, 0.1) is 25.2 Å². The molecule has 2 heterocycles. The van der Waals surface area contributed by atoms with Crippen molar-refractivity contribution in [3.8, 4) is 0 Å². The Morgan fingerprint density at radius 1 is 1.00 bits per heavy atom. The topological polar surface area (TPSA) is 129 Å². The van der Waals surface area contributed by atoms with Crippen LogP contribution in [0.5, 0.6) is 0 Å². The van der Waals surface area contributed by atoms with Crippen LogP contribution >= 0.6 is 0 Å². The van der Waals surface area contributed by atoms with E-state index in [9.17, 15) is 19.5 Å². The molecule has 0 unspecified atom stereocenters. The number of likely N-dealkylation sites (tertiary alicyclic amines) is 1. The average Bonchev–Trinajstić information content (AvgIpc) is 3.01. The van der Waals surface area contributed by atoms with Gasteiger partial charge in [-0.15, -0.1) is 0 Å². The van der Waals surface area contributed by atoms with Gasteiger partial charge < -0.3 is 19.9 Å². The first-order valence-corrected chi connectivity index (χ1v) is 15.9. The summed E-state index contributed by atoms with van der Waals surface area (Å²) in [7, 11) is 0. The van der Waals surface area contributed by atoms with Crippen LogP contribution in [0.2, 0.25) is 0 Å². The van der Waals surface area contributed by atoms with Crippen LogP contribution in [0.3, 0.4) is 0 Å². The van der Waals surface area contributed by atoms with Gasteiger partial charge >= 0.3 is 12.1 Å². The minimum absolute atomic E-state index is 0.133. The second-order valence-corrected chi connectivity index (χ2v) is 11.7. The summed E-state index contributed by atoms with van der Waals surface area (Å²) in [6.45, 7) is 7.70. The highest BCUT2D eigenvalue weighted by Gasteiger charge is 2.58. The van der Waals surface area contributed by atoms with Gasteiger partial charge in [0, 0.05) is 6.04 Å². The second kappa shape index (κ2) is 15.7. The van der Waals surface area contributed by atoms with Gasteiger partial charge in [0.2, 0.25) is 5.91 Å². The Balaban J connectivity index is 1.50. The Kier molecular flexibility index (Phi) is 11.8. The van der Waals surface area contributed by atoms with Crippen LogP contribution in [0, 0.1) is 5.92 Å². The lowest BCUT2D eigenvalue weighted by Crippen LogP contribution is -2.75. The molecule has 2 aliphatic rings. The first-order chi connectivity index (χ1) is 21.6. The molecule has 2 aliphatic heterocycles. The number of dihydropyridines is 1. The van der Waals surface area contributed by atoms with Crippen LogP contribution in [0.1, 0.15) is 77.0 Å². The molecule has 242 valence electrons. The van der Waals surface area contributed by atoms with Crippen molar-refractivity contribution in [3.63, 3.8) is 0 Å². The molecule has 0 spiro atoms. The number of hydrogen-bond acceptors (Lipinski definition) is 8. The van der Waals surface area contributed by atoms with Crippen molar-refractivity contribution in [1.82, 2.24) is 20.9 Å². The van der Waals surface area contributed by atoms with Gasteiger partial charge in [0.15, 0.2) is 5.85 Å². The monoisotopic (exact) mass is 618 g/mol. The fourth-order valence-electron chi connectivity index (χ4n) is 5.90. The van der Waals surface area contributed by atoms with Crippen LogP contribution in [0.15, 0.2) is 84.2 Å². The molecule has 0 saturated carbocycles. The van der Waals surface area contributed by atoms with Crippen LogP contribution in [-0.4, -0.2) is 59.1 Å². The molecule has 1 saturated heterocycles. The number of β-lactam (4-membered cyclic amide) rings is 1. The number of rotatable bonds is 15. The van der Waals surface area contributed by atoms with Crippen molar-refractivity contribution >= 4 is 18.0 Å². The van der Waals surface area contributed by atoms with Crippen LogP contribution in [0.4, 0.5) is 4.79 Å². The van der Waals surface area contributed by atoms with Gasteiger partial charge in [-0.3, -0.25) is 20.3 Å². The van der Waals surface area contributed by atoms with E-state index in [0.29, 0.717) is 12.4 Å². The number of carbonyl (C=O) groups excluding carboxylic acids is 3. The van der Waals surface area contributed by atoms with E-state index in [4.69, 9.17) is 9.47 Å². The van der Waals surface area contributed by atoms with E-state index in [1.54, 1.807) is 13.0 Å². The third-order valence-corrected chi connectivity index (χ3v) is 8.00. The number of carbonyl (C=O) groups is 3. The lowest BCUT2D eigenvalue weighted by atomic mass is 9.80. The molecule has 2 aromatic rings. The van der Waals surface area contributed by atoms with E-state index in [1.165, 1.54) is 11.8 Å². The molecular weight excluding hydrogens is 572 g/mol. The second-order valence-electron chi connectivity index (χ2n) is 11.7. The molecule has 4 atom stereocenters. The first kappa shape index (κ1) is 33.7. The van der Waals surface area contributed by atoms with E-state index >= 15 is 0 Å². The normalized spacial score (nSPS) is 20.7. The molecule has 10 heteroatoms. The van der Waals surface area contributed by atoms with E-state index in [2.05, 4.69) is 22.9 Å². The van der Waals surface area contributed by atoms with E-state index in [0.717, 1.165) is 42.4 Å². The van der Waals surface area contributed by atoms with Gasteiger partial charge in [-0.05, 0) is 56.4 Å². The van der Waals surface area contributed by atoms with Crippen molar-refractivity contribution in [2.45, 2.75) is 83.8 Å². The number of nitrogens with zero attached hydrogens (tertiary/aromatic N) is 1. The number of nitrogens with one attached hydrogen (secondary N) is 3. The average molecular weight is 619 g/mol. The number of esters is 1. The predicted octanol–water partition coefficient (Wildman–Crippen LogP) is 4.88. The Hall–Kier alpha value is -4.15. The van der Waals surface area contributed by atoms with Crippen molar-refractivity contribution in [1.29, 1.82) is 0 Å². The van der Waals surface area contributed by atoms with Crippen molar-refractivity contribution in [3.05, 3.63) is 95.3 Å². The van der Waals surface area contributed by atoms with Gasteiger partial charge in [-0.25, -0.2) is 9.59 Å². The van der Waals surface area contributed by atoms with Crippen LogP contribution in [-0.2, 0) is 19.1 Å². The summed E-state index contributed by atoms with van der Waals surface area (Å²) in [5.74, 6) is -3.16. The Morgan fingerprint density at radius 2 is 1.64 bits per heavy atom.